The second-order valence-electron chi connectivity index (χ2n) is 40.3. The standard InChI is InChI=1S/C48H61N3O13S.C18H32O7.C17H31NO7.2C6H12N2.CO2.2H2N.3Pt/c1-8-35-41(56)40(55)31(45(62)64-35)21-34(54)33(22-47(3,4)5)39(44(60)61)48(6,7)23-32(43(58)59)24(2)42(57)49-17-18-50-46(65)51-26-11-9-25(10-12-26)38-29-15-13-27(52)19-36(29)63-37-20-28(53)14-16-30(37)38;1-6-13-15(21)14(20)10(17(24)25-13)7-12(19)11(8-18(3,4)5)9(2)16(22)23;1-6-10-12(19)13(20)11(16(24)25-10)18-14(21)9(7-17(3,4)5)8(2)15(22)23;2*7-5-3-1-2-4-6(5)8;2-1-3;;;;;/h9-16,19-20,24,31-33,35,39-41,45,52,55-56,62H,8,17-18,21-23H2,1-7H3,(H,49,57)(H,58,59)(H,60,61)(H2,50,51,65);9-11,13-15,17,20-21,24H,6-8H2,1-5H3,(H,22,23);8-13,16,19-20,24H,6-7H2,1-5H3,(H2,18,21,22,23);2*5-8H,1-4H2;;2*1H2;;;/q;;;2*-2;;2*-1;;;+2/t;;;2*5-,6-;;;;;;/m...00....../s1. The largest absolute Gasteiger partial charge is 2.00 e. The van der Waals surface area contributed by atoms with Gasteiger partial charge >= 0.3 is 51.1 Å². The van der Waals surface area contributed by atoms with Crippen LogP contribution >= 0.6 is 12.2 Å². The third-order valence-electron chi connectivity index (χ3n) is 25.3. The first kappa shape index (κ1) is 135. The first-order valence-corrected chi connectivity index (χ1v) is 46.4. The molecule has 3 aliphatic carbocycles. The number of benzene rings is 3. The molecular formula is C96H152N10O29Pt3S-4. The number of aromatic hydroxyl groups is 1. The average molecular weight is 2530 g/mol. The fourth-order valence-corrected chi connectivity index (χ4v) is 17.8. The molecule has 7 aliphatic rings. The van der Waals surface area contributed by atoms with Crippen molar-refractivity contribution < 1.29 is 201 Å². The van der Waals surface area contributed by atoms with Crippen LogP contribution in [0.5, 0.6) is 5.75 Å². The van der Waals surface area contributed by atoms with Crippen molar-refractivity contribution in [1.29, 1.82) is 0 Å². The number of aliphatic hydroxyl groups is 9. The quantitative estimate of drug-likeness (QED) is 0.00963. The molecule has 26 N–H and O–H groups in total. The molecule has 0 radical (unpaired) electrons. The number of ketones is 2. The van der Waals surface area contributed by atoms with E-state index >= 15 is 0 Å². The minimum atomic E-state index is -1.54. The van der Waals surface area contributed by atoms with E-state index < -0.39 is 186 Å². The van der Waals surface area contributed by atoms with Crippen molar-refractivity contribution in [2.45, 2.75) is 331 Å². The van der Waals surface area contributed by atoms with Crippen molar-refractivity contribution >= 4 is 87.4 Å². The number of Topliss-reactive ketones (excluding diaryl/α,β-unsaturated/α-hetero) is 1. The molecule has 139 heavy (non-hydrogen) atoms. The fraction of sp³-hybridized carbons (Fsp3) is 0.698. The Labute approximate surface area is 863 Å². The number of nitrogens with two attached hydrogens (primary N) is 2. The zero-order chi connectivity index (χ0) is 102. The van der Waals surface area contributed by atoms with E-state index in [-0.39, 0.29) is 190 Å². The first-order chi connectivity index (χ1) is 62.2. The number of ether oxygens (including phenoxy) is 3. The molecule has 5 fully saturated rings. The van der Waals surface area contributed by atoms with Crippen LogP contribution in [0.25, 0.3) is 74.0 Å². The van der Waals surface area contributed by atoms with E-state index in [0.717, 1.165) is 47.8 Å². The number of anilines is 1. The van der Waals surface area contributed by atoms with Crippen LogP contribution in [-0.2, 0) is 121 Å². The molecule has 800 valence electrons. The number of rotatable bonds is 31. The number of carboxylic acid groups (broad SMARTS) is 4. The van der Waals surface area contributed by atoms with Crippen LogP contribution in [0.2, 0.25) is 0 Å². The predicted octanol–water partition coefficient (Wildman–Crippen LogP) is 13.3. The number of nitrogens with one attached hydrogen (secondary N) is 7. The summed E-state index contributed by atoms with van der Waals surface area (Å²) in [5, 5.41) is 156. The van der Waals surface area contributed by atoms with Gasteiger partial charge in [-0.15, -0.1) is 0 Å². The summed E-state index contributed by atoms with van der Waals surface area (Å²) in [4.78, 5) is 127. The van der Waals surface area contributed by atoms with Crippen molar-refractivity contribution in [3.05, 3.63) is 111 Å². The molecule has 3 saturated heterocycles. The zero-order valence-electron chi connectivity index (χ0n) is 82.2. The van der Waals surface area contributed by atoms with Gasteiger partial charge in [0.05, 0.1) is 84.5 Å². The Morgan fingerprint density at radius 1 is 0.525 bits per heavy atom. The summed E-state index contributed by atoms with van der Waals surface area (Å²) in [5.74, 6) is -16.8. The topological polar surface area (TPSA) is 729 Å². The van der Waals surface area contributed by atoms with Gasteiger partial charge in [-0.05, 0) is 127 Å². The number of carboxylic acids is 4. The van der Waals surface area contributed by atoms with Crippen LogP contribution in [0.3, 0.4) is 0 Å². The average Bonchev–Trinajstić information content (AvgIpc) is 0.752. The van der Waals surface area contributed by atoms with Gasteiger partial charge in [-0.25, -0.2) is 0 Å². The minimum Gasteiger partial charge on any atom is -0.693 e. The Morgan fingerprint density at radius 3 is 1.35 bits per heavy atom. The number of fused-ring (bicyclic) bond motifs is 2. The molecule has 23 unspecified atom stereocenters. The van der Waals surface area contributed by atoms with Gasteiger partial charge in [0.15, 0.2) is 23.1 Å². The van der Waals surface area contributed by atoms with Crippen molar-refractivity contribution in [2.24, 2.45) is 80.8 Å². The van der Waals surface area contributed by atoms with Crippen LogP contribution in [0.1, 0.15) is 227 Å². The molecule has 2 amide bonds. The normalized spacial score (nSPS) is 26.2. The fourth-order valence-electron chi connectivity index (χ4n) is 17.6. The van der Waals surface area contributed by atoms with E-state index in [1.165, 1.54) is 64.7 Å². The molecule has 0 bridgehead atoms. The molecule has 9 rings (SSSR count). The van der Waals surface area contributed by atoms with E-state index in [0.29, 0.717) is 42.7 Å². The number of aliphatic hydroxyl groups excluding tert-OH is 9. The summed E-state index contributed by atoms with van der Waals surface area (Å²) in [7, 11) is 0. The summed E-state index contributed by atoms with van der Waals surface area (Å²) in [6, 6.07) is 15.1. The van der Waals surface area contributed by atoms with Gasteiger partial charge < -0.3 is 151 Å². The molecule has 27 atom stereocenters. The van der Waals surface area contributed by atoms with E-state index in [2.05, 4.69) is 21.3 Å². The molecule has 0 spiro atoms. The number of amides is 2. The third kappa shape index (κ3) is 41.5. The molecular weight excluding hydrogens is 2370 g/mol. The van der Waals surface area contributed by atoms with Crippen LogP contribution < -0.4 is 21.4 Å². The van der Waals surface area contributed by atoms with E-state index in [9.17, 15) is 115 Å². The van der Waals surface area contributed by atoms with Gasteiger partial charge in [-0.2, -0.15) is 33.8 Å². The monoisotopic (exact) mass is 2530 g/mol. The molecule has 0 aromatic heterocycles. The third-order valence-corrected chi connectivity index (χ3v) is 25.6. The Hall–Kier alpha value is -6.50. The molecule has 4 heterocycles. The number of phenolic OH excluding ortho intramolecular Hbond substituents is 1. The first-order valence-electron chi connectivity index (χ1n) is 46.0. The Balaban J connectivity index is 0. The van der Waals surface area contributed by atoms with Gasteiger partial charge in [0.1, 0.15) is 47.5 Å². The molecule has 2 aromatic rings. The maximum absolute atomic E-state index is 13.4. The molecule has 4 aliphatic heterocycles. The van der Waals surface area contributed by atoms with E-state index in [1.54, 1.807) is 52.8 Å². The van der Waals surface area contributed by atoms with E-state index in [1.807, 2.05) is 86.6 Å². The number of hydrogen-bond donors (Lipinski definition) is 17. The Morgan fingerprint density at radius 2 is 0.935 bits per heavy atom. The second-order valence-corrected chi connectivity index (χ2v) is 40.7. The summed E-state index contributed by atoms with van der Waals surface area (Å²) < 4.78 is 21.9. The van der Waals surface area contributed by atoms with Crippen LogP contribution in [-0.4, -0.2) is 252 Å². The molecule has 2 aromatic carbocycles. The summed E-state index contributed by atoms with van der Waals surface area (Å²) in [5.41, 5.74) is 30.0. The van der Waals surface area contributed by atoms with Gasteiger partial charge in [0.2, 0.25) is 5.91 Å². The van der Waals surface area contributed by atoms with Gasteiger partial charge in [0.25, 0.3) is 5.78 Å². The number of phenols is 1. The van der Waals surface area contributed by atoms with Crippen LogP contribution in [0.15, 0.2) is 69.9 Å². The van der Waals surface area contributed by atoms with Gasteiger partial charge in [-0.1, -0.05) is 181 Å². The minimum absolute atomic E-state index is 0. The van der Waals surface area contributed by atoms with Gasteiger partial charge in [0, 0.05) is 120 Å². The maximum Gasteiger partial charge on any atom is 2.00 e. The number of aliphatic carboxylic acids is 4. The second kappa shape index (κ2) is 61.7. The summed E-state index contributed by atoms with van der Waals surface area (Å²) >= 11 is 5.48. The van der Waals surface area contributed by atoms with Crippen LogP contribution in [0, 0.1) is 80.8 Å². The van der Waals surface area contributed by atoms with Crippen molar-refractivity contribution in [3.63, 3.8) is 0 Å². The Bertz CT molecular complexity index is 4400. The number of carbonyl (C=O) groups is 7. The molecule has 43 heteroatoms. The predicted molar refractivity (Wildman–Crippen MR) is 514 cm³/mol. The zero-order valence-corrected chi connectivity index (χ0v) is 89.8. The summed E-state index contributed by atoms with van der Waals surface area (Å²) in [6.45, 7) is 30.0. The van der Waals surface area contributed by atoms with Crippen molar-refractivity contribution in [3.8, 4) is 28.2 Å². The SMILES string of the molecule is CCC1OC(O)C(CC(=O)C(CC(C)(C)C)C(C)C(=O)O)C(O)C1O.CCC1OC(O)C(CC(=[OH+])C(CC(C)(C)C)C(C(=O)O)C(C)(C)CC(C(=O)O)C(C)C(=O)NCCNC(=S)Nc2ccc(-c3c4ccc(=O)cc-4oc4cc(O)ccc34)cc2)C(O)C1O.CCC1OC(O)C([N-]C(=O)C(CC(C)(C)C)C(C)C(=O)O)C(O)C1O.O=C=O.[NH-][C@H]1CCCC[C@@H]1[NH-].[NH-][C@H]1CCCC[C@@H]1[NH-].[NH2-].[NH2-].[Pt+2].[Pt].[Pt]. The van der Waals surface area contributed by atoms with E-state index in [4.69, 9.17) is 63.4 Å². The number of thiocarbonyl (C=S) groups is 1. The van der Waals surface area contributed by atoms with Gasteiger partial charge in [-0.3, -0.25) is 38.4 Å². The van der Waals surface area contributed by atoms with Crippen molar-refractivity contribution in [1.82, 2.24) is 10.6 Å². The van der Waals surface area contributed by atoms with Crippen LogP contribution in [0.4, 0.5) is 5.69 Å². The molecule has 39 nitrogen and oxygen atoms in total. The maximum atomic E-state index is 13.4. The smallest absolute Gasteiger partial charge is 0.693 e. The molecule has 2 saturated carbocycles. The Kier molecular flexibility index (Phi) is 59.7. The number of nitrogens with zero attached hydrogens (tertiary/aromatic N) is 1. The summed E-state index contributed by atoms with van der Waals surface area (Å²) in [6.07, 6.45) is -5.02. The number of carbonyl (C=O) groups excluding carboxylic acids is 6. The van der Waals surface area contributed by atoms with Crippen molar-refractivity contribution in [2.75, 3.05) is 18.4 Å². The number of hydrogen-bond acceptors (Lipinski definition) is 25.